The summed E-state index contributed by atoms with van der Waals surface area (Å²) in [6.07, 6.45) is -0.0862. The number of halogens is 3. The van der Waals surface area contributed by atoms with Crippen molar-refractivity contribution in [1.82, 2.24) is 19.7 Å². The van der Waals surface area contributed by atoms with E-state index in [1.165, 1.54) is 29.2 Å². The maximum Gasteiger partial charge on any atom is 0.422 e. The zero-order chi connectivity index (χ0) is 20.4. The molecule has 0 aliphatic carbocycles. The number of ether oxygens (including phenoxy) is 1. The van der Waals surface area contributed by atoms with Crippen molar-refractivity contribution >= 4 is 6.21 Å². The van der Waals surface area contributed by atoms with Crippen LogP contribution in [-0.2, 0) is 13.1 Å². The molecule has 0 spiro atoms. The first-order chi connectivity index (χ1) is 13.9. The van der Waals surface area contributed by atoms with Gasteiger partial charge in [0.2, 0.25) is 0 Å². The molecule has 148 valence electrons. The third-order valence-electron chi connectivity index (χ3n) is 4.19. The van der Waals surface area contributed by atoms with E-state index in [0.717, 1.165) is 16.7 Å². The van der Waals surface area contributed by atoms with Crippen LogP contribution in [0.15, 0.2) is 52.5 Å². The molecule has 0 amide bonds. The summed E-state index contributed by atoms with van der Waals surface area (Å²) in [5, 5.41) is 4.32. The molecule has 1 aromatic carbocycles. The smallest absolute Gasteiger partial charge is 0.422 e. The standard InChI is InChI=1S/C19H14F3N5O2/c20-19(21,22)11-29-18-24-8-15(9-25-18)16-3-4-17(28)27(26-16)10-12-1-2-13-6-23-7-14(13)5-12/h1-5,7-9H,6,10-11H2. The molecule has 0 saturated heterocycles. The number of aliphatic imine (C=N–C) groups is 1. The second-order valence-electron chi connectivity index (χ2n) is 6.38. The van der Waals surface area contributed by atoms with Gasteiger partial charge in [-0.15, -0.1) is 0 Å². The molecule has 4 rings (SSSR count). The largest absolute Gasteiger partial charge is 0.454 e. The molecular formula is C19H14F3N5O2. The Balaban J connectivity index is 1.54. The number of aromatic nitrogens is 4. The molecule has 0 bridgehead atoms. The van der Waals surface area contributed by atoms with Gasteiger partial charge in [0.05, 0.1) is 18.8 Å². The van der Waals surface area contributed by atoms with E-state index in [2.05, 4.69) is 24.8 Å². The van der Waals surface area contributed by atoms with Gasteiger partial charge in [0.1, 0.15) is 0 Å². The van der Waals surface area contributed by atoms with Crippen LogP contribution in [0.3, 0.4) is 0 Å². The Kier molecular flexibility index (Phi) is 4.83. The fourth-order valence-electron chi connectivity index (χ4n) is 2.81. The van der Waals surface area contributed by atoms with Gasteiger partial charge in [0, 0.05) is 30.2 Å². The van der Waals surface area contributed by atoms with Crippen molar-refractivity contribution < 1.29 is 17.9 Å². The number of rotatable bonds is 5. The summed E-state index contributed by atoms with van der Waals surface area (Å²) in [6, 6.07) is 8.33. The maximum absolute atomic E-state index is 12.2. The highest BCUT2D eigenvalue weighted by molar-refractivity contribution is 5.84. The fraction of sp³-hybridized carbons (Fsp3) is 0.211. The van der Waals surface area contributed by atoms with E-state index in [1.807, 2.05) is 18.2 Å². The Morgan fingerprint density at radius 1 is 1.10 bits per heavy atom. The molecule has 29 heavy (non-hydrogen) atoms. The van der Waals surface area contributed by atoms with Gasteiger partial charge < -0.3 is 4.74 Å². The second-order valence-corrected chi connectivity index (χ2v) is 6.38. The van der Waals surface area contributed by atoms with Gasteiger partial charge in [0.15, 0.2) is 6.61 Å². The monoisotopic (exact) mass is 401 g/mol. The van der Waals surface area contributed by atoms with Crippen molar-refractivity contribution in [3.63, 3.8) is 0 Å². The number of fused-ring (bicyclic) bond motifs is 1. The van der Waals surface area contributed by atoms with E-state index >= 15 is 0 Å². The number of nitrogens with zero attached hydrogens (tertiary/aromatic N) is 5. The minimum absolute atomic E-state index is 0.265. The minimum Gasteiger partial charge on any atom is -0.454 e. The van der Waals surface area contributed by atoms with Crippen molar-refractivity contribution in [2.24, 2.45) is 4.99 Å². The fourth-order valence-corrected chi connectivity index (χ4v) is 2.81. The van der Waals surface area contributed by atoms with Crippen molar-refractivity contribution in [2.45, 2.75) is 19.3 Å². The van der Waals surface area contributed by atoms with Crippen LogP contribution in [0.4, 0.5) is 13.2 Å². The van der Waals surface area contributed by atoms with E-state index in [1.54, 1.807) is 6.21 Å². The summed E-state index contributed by atoms with van der Waals surface area (Å²) in [5.41, 5.74) is 3.63. The Morgan fingerprint density at radius 3 is 2.66 bits per heavy atom. The Morgan fingerprint density at radius 2 is 1.90 bits per heavy atom. The third kappa shape index (κ3) is 4.48. The molecule has 0 unspecified atom stereocenters. The van der Waals surface area contributed by atoms with Crippen molar-refractivity contribution in [2.75, 3.05) is 6.61 Å². The van der Waals surface area contributed by atoms with Crippen LogP contribution in [0.25, 0.3) is 11.3 Å². The van der Waals surface area contributed by atoms with E-state index < -0.39 is 12.8 Å². The zero-order valence-corrected chi connectivity index (χ0v) is 14.9. The highest BCUT2D eigenvalue weighted by Crippen LogP contribution is 2.19. The molecule has 2 aromatic heterocycles. The van der Waals surface area contributed by atoms with E-state index in [-0.39, 0.29) is 18.1 Å². The van der Waals surface area contributed by atoms with Gasteiger partial charge >= 0.3 is 12.2 Å². The summed E-state index contributed by atoms with van der Waals surface area (Å²) >= 11 is 0. The lowest BCUT2D eigenvalue weighted by molar-refractivity contribution is -0.154. The lowest BCUT2D eigenvalue weighted by atomic mass is 10.1. The van der Waals surface area contributed by atoms with Crippen molar-refractivity contribution in [3.05, 3.63) is 69.8 Å². The van der Waals surface area contributed by atoms with E-state index in [4.69, 9.17) is 0 Å². The van der Waals surface area contributed by atoms with Crippen LogP contribution in [-0.4, -0.2) is 38.7 Å². The molecule has 0 atom stereocenters. The van der Waals surface area contributed by atoms with Crippen molar-refractivity contribution in [3.8, 4) is 17.3 Å². The zero-order valence-electron chi connectivity index (χ0n) is 14.9. The highest BCUT2D eigenvalue weighted by atomic mass is 19.4. The van der Waals surface area contributed by atoms with Gasteiger partial charge in [-0.2, -0.15) is 18.3 Å². The minimum atomic E-state index is -4.47. The molecule has 3 heterocycles. The summed E-state index contributed by atoms with van der Waals surface area (Å²) in [7, 11) is 0. The molecule has 1 aliphatic heterocycles. The summed E-state index contributed by atoms with van der Waals surface area (Å²) < 4.78 is 42.4. The van der Waals surface area contributed by atoms with Crippen LogP contribution in [0, 0.1) is 0 Å². The van der Waals surface area contributed by atoms with Gasteiger partial charge in [-0.3, -0.25) is 9.79 Å². The molecular weight excluding hydrogens is 387 g/mol. The number of hydrogen-bond acceptors (Lipinski definition) is 6. The number of benzene rings is 1. The lowest BCUT2D eigenvalue weighted by Gasteiger charge is -2.09. The Hall–Kier alpha value is -3.56. The summed E-state index contributed by atoms with van der Waals surface area (Å²) in [5.74, 6) is 0. The van der Waals surface area contributed by atoms with Gasteiger partial charge in [-0.05, 0) is 28.8 Å². The average molecular weight is 401 g/mol. The highest BCUT2D eigenvalue weighted by Gasteiger charge is 2.28. The molecule has 0 fully saturated rings. The molecule has 10 heteroatoms. The van der Waals surface area contributed by atoms with Crippen LogP contribution in [0.5, 0.6) is 6.01 Å². The van der Waals surface area contributed by atoms with Crippen LogP contribution < -0.4 is 10.3 Å². The molecule has 0 N–H and O–H groups in total. The summed E-state index contributed by atoms with van der Waals surface area (Å²) in [4.78, 5) is 23.9. The predicted octanol–water partition coefficient (Wildman–Crippen LogP) is 2.62. The van der Waals surface area contributed by atoms with Gasteiger partial charge in [-0.25, -0.2) is 14.6 Å². The van der Waals surface area contributed by atoms with Gasteiger partial charge in [0.25, 0.3) is 5.56 Å². The second kappa shape index (κ2) is 7.46. The average Bonchev–Trinajstić information content (AvgIpc) is 3.16. The third-order valence-corrected chi connectivity index (χ3v) is 4.19. The Labute approximate surface area is 162 Å². The molecule has 7 nitrogen and oxygen atoms in total. The van der Waals surface area contributed by atoms with Crippen molar-refractivity contribution in [1.29, 1.82) is 0 Å². The first-order valence-corrected chi connectivity index (χ1v) is 8.59. The first-order valence-electron chi connectivity index (χ1n) is 8.59. The van der Waals surface area contributed by atoms with E-state index in [9.17, 15) is 18.0 Å². The van der Waals surface area contributed by atoms with Gasteiger partial charge in [-0.1, -0.05) is 12.1 Å². The molecule has 1 aliphatic rings. The molecule has 0 saturated carbocycles. The SMILES string of the molecule is O=c1ccc(-c2cnc(OCC(F)(F)F)nc2)nn1Cc1ccc2c(c1)C=NC2. The summed E-state index contributed by atoms with van der Waals surface area (Å²) in [6.45, 7) is -0.547. The number of hydrogen-bond donors (Lipinski definition) is 0. The molecule has 0 radical (unpaired) electrons. The maximum atomic E-state index is 12.2. The van der Waals surface area contributed by atoms with E-state index in [0.29, 0.717) is 17.8 Å². The molecule has 3 aromatic rings. The predicted molar refractivity (Wildman–Crippen MR) is 97.9 cm³/mol. The first kappa shape index (κ1) is 18.8. The normalized spacial score (nSPS) is 12.8. The quantitative estimate of drug-likeness (QED) is 0.657. The van der Waals surface area contributed by atoms with Crippen LogP contribution in [0.1, 0.15) is 16.7 Å². The Bertz CT molecular complexity index is 1120. The lowest BCUT2D eigenvalue weighted by Crippen LogP contribution is -2.23. The number of alkyl halides is 3. The van der Waals surface area contributed by atoms with Crippen LogP contribution >= 0.6 is 0 Å². The topological polar surface area (TPSA) is 82.3 Å². The van der Waals surface area contributed by atoms with Crippen LogP contribution in [0.2, 0.25) is 0 Å².